The highest BCUT2D eigenvalue weighted by atomic mass is 32.2. The summed E-state index contributed by atoms with van der Waals surface area (Å²) in [6, 6.07) is 0. The minimum atomic E-state index is -0.0876. The third-order valence-electron chi connectivity index (χ3n) is 3.58. The zero-order valence-electron chi connectivity index (χ0n) is 9.80. The average Bonchev–Trinajstić information content (AvgIpc) is 2.73. The van der Waals surface area contributed by atoms with Crippen LogP contribution in [-0.4, -0.2) is 64.1 Å². The predicted octanol–water partition coefficient (Wildman–Crippen LogP) is -0.107. The minimum Gasteiger partial charge on any atom is -0.396 e. The second-order valence-corrected chi connectivity index (χ2v) is 5.90. The van der Waals surface area contributed by atoms with E-state index in [1.54, 1.807) is 4.90 Å². The average molecular weight is 258 g/mol. The van der Waals surface area contributed by atoms with E-state index in [0.29, 0.717) is 13.1 Å². The van der Waals surface area contributed by atoms with Crippen molar-refractivity contribution in [3.05, 3.63) is 0 Å². The van der Waals surface area contributed by atoms with E-state index in [9.17, 15) is 9.59 Å². The number of aliphatic hydroxyl groups is 1. The maximum absolute atomic E-state index is 11.6. The number of piperidine rings is 1. The molecule has 2 heterocycles. The summed E-state index contributed by atoms with van der Waals surface area (Å²) in [4.78, 5) is 26.2. The molecule has 1 N–H and O–H groups in total. The first-order valence-electron chi connectivity index (χ1n) is 5.96. The van der Waals surface area contributed by atoms with Crippen molar-refractivity contribution in [1.82, 2.24) is 9.80 Å². The van der Waals surface area contributed by atoms with Crippen molar-refractivity contribution in [3.8, 4) is 0 Å². The molecule has 0 atom stereocenters. The molecule has 0 unspecified atom stereocenters. The smallest absolute Gasteiger partial charge is 0.224 e. The summed E-state index contributed by atoms with van der Waals surface area (Å²) < 4.78 is 0. The lowest BCUT2D eigenvalue weighted by Crippen LogP contribution is -2.51. The number of amides is 2. The summed E-state index contributed by atoms with van der Waals surface area (Å²) in [5.74, 6) is 1.01. The van der Waals surface area contributed by atoms with E-state index in [-0.39, 0.29) is 23.8 Å². The molecule has 17 heavy (non-hydrogen) atoms. The molecule has 1 spiro atoms. The normalized spacial score (nSPS) is 23.1. The third kappa shape index (κ3) is 2.42. The van der Waals surface area contributed by atoms with Crippen LogP contribution in [0, 0.1) is 0 Å². The van der Waals surface area contributed by atoms with Crippen LogP contribution in [0.2, 0.25) is 0 Å². The summed E-state index contributed by atoms with van der Waals surface area (Å²) in [5.41, 5.74) is 0. The highest BCUT2D eigenvalue weighted by Gasteiger charge is 2.43. The van der Waals surface area contributed by atoms with Gasteiger partial charge in [-0.1, -0.05) is 0 Å². The van der Waals surface area contributed by atoms with Gasteiger partial charge in [-0.2, -0.15) is 0 Å². The topological polar surface area (TPSA) is 60.9 Å². The first kappa shape index (κ1) is 12.7. The molecule has 0 aromatic carbocycles. The molecule has 2 rings (SSSR count). The SMILES string of the molecule is O=CN1CCSC12CCN(C(=O)CCO)CC2. The molecule has 2 fully saturated rings. The van der Waals surface area contributed by atoms with Crippen LogP contribution in [-0.2, 0) is 9.59 Å². The van der Waals surface area contributed by atoms with E-state index in [0.717, 1.165) is 31.5 Å². The number of hydrogen-bond acceptors (Lipinski definition) is 4. The second kappa shape index (κ2) is 5.27. The molecular formula is C11H18N2O3S. The van der Waals surface area contributed by atoms with E-state index < -0.39 is 0 Å². The molecule has 0 aliphatic carbocycles. The number of carbonyl (C=O) groups is 2. The quantitative estimate of drug-likeness (QED) is 0.718. The fraction of sp³-hybridized carbons (Fsp3) is 0.818. The van der Waals surface area contributed by atoms with Gasteiger partial charge in [-0.05, 0) is 12.8 Å². The summed E-state index contributed by atoms with van der Waals surface area (Å²) in [6.07, 6.45) is 2.82. The van der Waals surface area contributed by atoms with Crippen LogP contribution in [0.5, 0.6) is 0 Å². The first-order chi connectivity index (χ1) is 8.22. The molecule has 6 heteroatoms. The Kier molecular flexibility index (Phi) is 3.93. The van der Waals surface area contributed by atoms with Gasteiger partial charge in [0.1, 0.15) is 0 Å². The molecule has 0 aromatic rings. The molecule has 2 amide bonds. The van der Waals surface area contributed by atoms with Crippen LogP contribution in [0.15, 0.2) is 0 Å². The standard InChI is InChI=1S/C11H18N2O3S/c14-7-1-10(16)12-4-2-11(3-5-12)13(9-15)6-8-17-11/h9,14H,1-8H2. The zero-order chi connectivity index (χ0) is 12.3. The van der Waals surface area contributed by atoms with Crippen LogP contribution in [0.4, 0.5) is 0 Å². The molecule has 0 aromatic heterocycles. The van der Waals surface area contributed by atoms with Gasteiger partial charge in [-0.25, -0.2) is 0 Å². The minimum absolute atomic E-state index is 0.0167. The number of nitrogens with zero attached hydrogens (tertiary/aromatic N) is 2. The number of hydrogen-bond donors (Lipinski definition) is 1. The summed E-state index contributed by atoms with van der Waals surface area (Å²) >= 11 is 1.83. The lowest BCUT2D eigenvalue weighted by Gasteiger charge is -2.42. The summed E-state index contributed by atoms with van der Waals surface area (Å²) in [5, 5.41) is 8.75. The fourth-order valence-corrected chi connectivity index (χ4v) is 4.00. The van der Waals surface area contributed by atoms with Crippen molar-refractivity contribution >= 4 is 24.1 Å². The van der Waals surface area contributed by atoms with Crippen molar-refractivity contribution in [2.24, 2.45) is 0 Å². The predicted molar refractivity (Wildman–Crippen MR) is 65.5 cm³/mol. The molecule has 0 saturated carbocycles. The largest absolute Gasteiger partial charge is 0.396 e. The lowest BCUT2D eigenvalue weighted by atomic mass is 10.0. The van der Waals surface area contributed by atoms with Crippen LogP contribution in [0.3, 0.4) is 0 Å². The molecule has 5 nitrogen and oxygen atoms in total. The monoisotopic (exact) mass is 258 g/mol. The first-order valence-corrected chi connectivity index (χ1v) is 6.95. The van der Waals surface area contributed by atoms with Crippen molar-refractivity contribution in [2.45, 2.75) is 24.1 Å². The van der Waals surface area contributed by atoms with Gasteiger partial charge < -0.3 is 14.9 Å². The van der Waals surface area contributed by atoms with Gasteiger partial charge in [-0.3, -0.25) is 9.59 Å². The Hall–Kier alpha value is -0.750. The van der Waals surface area contributed by atoms with Crippen molar-refractivity contribution in [2.75, 3.05) is 32.0 Å². The molecule has 2 aliphatic rings. The molecule has 0 bridgehead atoms. The Morgan fingerprint density at radius 1 is 1.35 bits per heavy atom. The summed E-state index contributed by atoms with van der Waals surface area (Å²) in [6.45, 7) is 2.11. The number of rotatable bonds is 3. The Balaban J connectivity index is 1.93. The number of aliphatic hydroxyl groups excluding tert-OH is 1. The Morgan fingerprint density at radius 2 is 2.06 bits per heavy atom. The van der Waals surface area contributed by atoms with Gasteiger partial charge in [0.2, 0.25) is 12.3 Å². The molecule has 0 radical (unpaired) electrons. The summed E-state index contributed by atoms with van der Waals surface area (Å²) in [7, 11) is 0. The maximum Gasteiger partial charge on any atom is 0.224 e. The van der Waals surface area contributed by atoms with Crippen LogP contribution >= 0.6 is 11.8 Å². The Morgan fingerprint density at radius 3 is 2.65 bits per heavy atom. The van der Waals surface area contributed by atoms with Crippen LogP contribution < -0.4 is 0 Å². The van der Waals surface area contributed by atoms with Crippen molar-refractivity contribution < 1.29 is 14.7 Å². The molecule has 96 valence electrons. The van der Waals surface area contributed by atoms with Gasteiger partial charge in [0.05, 0.1) is 11.5 Å². The fourth-order valence-electron chi connectivity index (χ4n) is 2.56. The van der Waals surface area contributed by atoms with Crippen molar-refractivity contribution in [1.29, 1.82) is 0 Å². The number of thioether (sulfide) groups is 1. The van der Waals surface area contributed by atoms with Crippen LogP contribution in [0.1, 0.15) is 19.3 Å². The van der Waals surface area contributed by atoms with Gasteiger partial charge in [0.25, 0.3) is 0 Å². The van der Waals surface area contributed by atoms with Gasteiger partial charge >= 0.3 is 0 Å². The van der Waals surface area contributed by atoms with E-state index in [2.05, 4.69) is 0 Å². The molecule has 2 aliphatic heterocycles. The highest BCUT2D eigenvalue weighted by Crippen LogP contribution is 2.42. The van der Waals surface area contributed by atoms with Crippen LogP contribution in [0.25, 0.3) is 0 Å². The molecule has 2 saturated heterocycles. The lowest BCUT2D eigenvalue weighted by molar-refractivity contribution is -0.134. The van der Waals surface area contributed by atoms with Gasteiger partial charge in [0.15, 0.2) is 0 Å². The van der Waals surface area contributed by atoms with E-state index >= 15 is 0 Å². The Bertz CT molecular complexity index is 303. The molecular weight excluding hydrogens is 240 g/mol. The van der Waals surface area contributed by atoms with E-state index in [1.807, 2.05) is 16.7 Å². The second-order valence-electron chi connectivity index (χ2n) is 4.45. The highest BCUT2D eigenvalue weighted by molar-refractivity contribution is 8.00. The maximum atomic E-state index is 11.6. The van der Waals surface area contributed by atoms with E-state index in [4.69, 9.17) is 5.11 Å². The Labute approximate surface area is 105 Å². The van der Waals surface area contributed by atoms with Gasteiger partial charge in [-0.15, -0.1) is 11.8 Å². The third-order valence-corrected chi connectivity index (χ3v) is 5.14. The zero-order valence-corrected chi connectivity index (χ0v) is 10.6. The van der Waals surface area contributed by atoms with Crippen molar-refractivity contribution in [3.63, 3.8) is 0 Å². The van der Waals surface area contributed by atoms with E-state index in [1.165, 1.54) is 0 Å². The van der Waals surface area contributed by atoms with Gasteiger partial charge in [0, 0.05) is 31.8 Å². The number of carbonyl (C=O) groups excluding carboxylic acids is 2. The number of likely N-dealkylation sites (tertiary alicyclic amines) is 1.